The summed E-state index contributed by atoms with van der Waals surface area (Å²) in [5, 5.41) is 23.7. The molecule has 10 nitrogen and oxygen atoms in total. The van der Waals surface area contributed by atoms with Gasteiger partial charge in [0.25, 0.3) is 5.56 Å². The van der Waals surface area contributed by atoms with Crippen molar-refractivity contribution in [2.24, 2.45) is 4.99 Å². The third-order valence-corrected chi connectivity index (χ3v) is 7.95. The summed E-state index contributed by atoms with van der Waals surface area (Å²) < 4.78 is 13.0. The number of aromatic nitrogens is 1. The van der Waals surface area contributed by atoms with E-state index in [-0.39, 0.29) is 22.3 Å². The number of carbonyl (C=O) groups excluding carboxylic acids is 1. The van der Waals surface area contributed by atoms with E-state index in [2.05, 4.69) is 20.9 Å². The predicted molar refractivity (Wildman–Crippen MR) is 153 cm³/mol. The number of hydrogen-bond donors (Lipinski definition) is 1. The van der Waals surface area contributed by atoms with Crippen LogP contribution in [0.15, 0.2) is 74.1 Å². The van der Waals surface area contributed by atoms with Crippen molar-refractivity contribution in [2.75, 3.05) is 13.7 Å². The molecule has 1 aliphatic heterocycles. The van der Waals surface area contributed by atoms with E-state index < -0.39 is 33.9 Å². The third-order valence-electron chi connectivity index (χ3n) is 6.51. The van der Waals surface area contributed by atoms with Crippen LogP contribution in [0.25, 0.3) is 16.8 Å². The Morgan fingerprint density at radius 1 is 1.27 bits per heavy atom. The molecular weight excluding hydrogens is 602 g/mol. The highest BCUT2D eigenvalue weighted by atomic mass is 79.9. The average Bonchev–Trinajstić information content (AvgIpc) is 3.23. The van der Waals surface area contributed by atoms with E-state index >= 15 is 0 Å². The number of nitro groups is 1. The van der Waals surface area contributed by atoms with Crippen molar-refractivity contribution in [3.63, 3.8) is 0 Å². The highest BCUT2D eigenvalue weighted by Gasteiger charge is 2.36. The number of hydrogen-bond acceptors (Lipinski definition) is 9. The first-order valence-electron chi connectivity index (χ1n) is 12.1. The number of nitrogens with zero attached hydrogens (tertiary/aromatic N) is 3. The lowest BCUT2D eigenvalue weighted by Gasteiger charge is -2.27. The van der Waals surface area contributed by atoms with E-state index in [1.807, 2.05) is 30.3 Å². The number of phenolic OH excluding ortho intramolecular Hbond substituents is 1. The van der Waals surface area contributed by atoms with Crippen LogP contribution in [0.2, 0.25) is 0 Å². The Labute approximate surface area is 239 Å². The second kappa shape index (κ2) is 10.7. The maximum absolute atomic E-state index is 14.0. The molecule has 0 radical (unpaired) electrons. The number of benzene rings is 3. The van der Waals surface area contributed by atoms with E-state index in [9.17, 15) is 24.8 Å². The van der Waals surface area contributed by atoms with Gasteiger partial charge in [-0.05, 0) is 42.8 Å². The number of carbonyl (C=O) groups is 1. The fourth-order valence-electron chi connectivity index (χ4n) is 4.80. The van der Waals surface area contributed by atoms with Crippen LogP contribution >= 0.6 is 27.3 Å². The third kappa shape index (κ3) is 4.58. The van der Waals surface area contributed by atoms with Crippen LogP contribution in [-0.2, 0) is 9.53 Å². The van der Waals surface area contributed by atoms with Gasteiger partial charge in [0.05, 0.1) is 34.4 Å². The molecule has 0 saturated carbocycles. The molecule has 1 N–H and O–H groups in total. The summed E-state index contributed by atoms with van der Waals surface area (Å²) in [7, 11) is 1.51. The van der Waals surface area contributed by atoms with Crippen LogP contribution in [0.3, 0.4) is 0 Å². The van der Waals surface area contributed by atoms with Gasteiger partial charge in [-0.3, -0.25) is 19.5 Å². The number of allylic oxidation sites excluding steroid dienone is 1. The Morgan fingerprint density at radius 3 is 2.73 bits per heavy atom. The molecule has 4 aromatic rings. The lowest BCUT2D eigenvalue weighted by molar-refractivity contribution is -0.385. The molecule has 1 atom stereocenters. The molecule has 0 saturated heterocycles. The number of phenols is 1. The molecule has 0 bridgehead atoms. The lowest BCUT2D eigenvalue weighted by Crippen LogP contribution is -2.40. The predicted octanol–water partition coefficient (Wildman–Crippen LogP) is 4.34. The van der Waals surface area contributed by atoms with Crippen molar-refractivity contribution in [3.8, 4) is 11.5 Å². The van der Waals surface area contributed by atoms with Crippen molar-refractivity contribution < 1.29 is 24.3 Å². The fourth-order valence-corrected chi connectivity index (χ4v) is 6.30. The number of esters is 1. The summed E-state index contributed by atoms with van der Waals surface area (Å²) in [4.78, 5) is 43.0. The van der Waals surface area contributed by atoms with Crippen molar-refractivity contribution >= 4 is 55.8 Å². The molecule has 1 aliphatic rings. The van der Waals surface area contributed by atoms with Gasteiger partial charge in [-0.2, -0.15) is 0 Å². The molecule has 0 unspecified atom stereocenters. The first-order valence-corrected chi connectivity index (χ1v) is 13.7. The number of rotatable bonds is 6. The van der Waals surface area contributed by atoms with E-state index in [1.54, 1.807) is 19.9 Å². The fraction of sp³-hybridized carbons (Fsp3) is 0.179. The first-order chi connectivity index (χ1) is 19.2. The number of halogens is 1. The van der Waals surface area contributed by atoms with Gasteiger partial charge in [0.2, 0.25) is 5.75 Å². The molecule has 0 spiro atoms. The zero-order valence-corrected chi connectivity index (χ0v) is 23.9. The van der Waals surface area contributed by atoms with Crippen molar-refractivity contribution in [1.82, 2.24) is 4.57 Å². The quantitative estimate of drug-likeness (QED) is 0.192. The summed E-state index contributed by atoms with van der Waals surface area (Å²) in [6.45, 7) is 3.50. The number of aromatic hydroxyl groups is 1. The molecule has 2 heterocycles. The molecule has 204 valence electrons. The van der Waals surface area contributed by atoms with Gasteiger partial charge >= 0.3 is 11.7 Å². The van der Waals surface area contributed by atoms with Gasteiger partial charge < -0.3 is 14.6 Å². The largest absolute Gasteiger partial charge is 0.502 e. The zero-order valence-electron chi connectivity index (χ0n) is 21.5. The first kappa shape index (κ1) is 27.3. The van der Waals surface area contributed by atoms with Crippen LogP contribution in [0, 0.1) is 10.1 Å². The second-order valence-electron chi connectivity index (χ2n) is 8.82. The summed E-state index contributed by atoms with van der Waals surface area (Å²) in [5.74, 6) is -0.719. The van der Waals surface area contributed by atoms with Crippen LogP contribution in [0.5, 0.6) is 11.5 Å². The molecular formula is C28H22BrN3O7S. The van der Waals surface area contributed by atoms with E-state index in [4.69, 9.17) is 9.47 Å². The van der Waals surface area contributed by atoms with Gasteiger partial charge in [-0.25, -0.2) is 9.79 Å². The summed E-state index contributed by atoms with van der Waals surface area (Å²) in [6.07, 6.45) is 1.37. The molecule has 0 fully saturated rings. The normalized spacial score (nSPS) is 15.1. The van der Waals surface area contributed by atoms with Gasteiger partial charge in [0, 0.05) is 21.7 Å². The number of fused-ring (bicyclic) bond motifs is 2. The van der Waals surface area contributed by atoms with E-state index in [0.29, 0.717) is 26.3 Å². The molecule has 1 aromatic heterocycles. The standard InChI is InChI=1S/C28H22BrN3O7S/c1-4-39-27(35)22-14(2)30-28-31(24(22)23-18-8-6-5-7-15(18)9-10-20(23)38-3)26(34)21(40-28)12-16-11-17(29)13-19(25(16)33)32(36)37/h5-13,24,33H,4H2,1-3H3/b21-12-/t24-/m1/s1. The minimum Gasteiger partial charge on any atom is -0.502 e. The van der Waals surface area contributed by atoms with E-state index in [0.717, 1.165) is 22.1 Å². The smallest absolute Gasteiger partial charge is 0.338 e. The second-order valence-corrected chi connectivity index (χ2v) is 10.7. The summed E-state index contributed by atoms with van der Waals surface area (Å²) in [5.41, 5.74) is 0.231. The lowest BCUT2D eigenvalue weighted by atomic mass is 9.90. The van der Waals surface area contributed by atoms with Crippen LogP contribution in [0.1, 0.15) is 31.0 Å². The number of ether oxygens (including phenoxy) is 2. The van der Waals surface area contributed by atoms with Crippen molar-refractivity contribution in [1.29, 1.82) is 0 Å². The average molecular weight is 624 g/mol. The summed E-state index contributed by atoms with van der Waals surface area (Å²) >= 11 is 4.26. The Balaban J connectivity index is 1.85. The summed E-state index contributed by atoms with van der Waals surface area (Å²) in [6, 6.07) is 12.9. The monoisotopic (exact) mass is 623 g/mol. The molecule has 40 heavy (non-hydrogen) atoms. The van der Waals surface area contributed by atoms with Gasteiger partial charge in [-0.1, -0.05) is 57.6 Å². The van der Waals surface area contributed by atoms with E-state index in [1.165, 1.54) is 29.9 Å². The number of nitro benzene ring substituents is 1. The molecule has 0 aliphatic carbocycles. The van der Waals surface area contributed by atoms with Gasteiger partial charge in [0.15, 0.2) is 4.80 Å². The van der Waals surface area contributed by atoms with Crippen LogP contribution in [-0.4, -0.2) is 34.3 Å². The minimum absolute atomic E-state index is 0.0759. The molecule has 3 aromatic carbocycles. The Kier molecular flexibility index (Phi) is 7.30. The Morgan fingerprint density at radius 2 is 2.02 bits per heavy atom. The number of thiazole rings is 1. The van der Waals surface area contributed by atoms with Crippen molar-refractivity contribution in [2.45, 2.75) is 19.9 Å². The van der Waals surface area contributed by atoms with Crippen LogP contribution < -0.4 is 19.6 Å². The zero-order chi connectivity index (χ0) is 28.7. The Hall–Kier alpha value is -4.29. The SMILES string of the molecule is CCOC(=O)C1=C(C)N=c2s/c(=C\c3cc(Br)cc([N+](=O)[O-])c3O)c(=O)n2[C@H]1c1c(OC)ccc2ccccc12. The maximum atomic E-state index is 14.0. The Bertz CT molecular complexity index is 1930. The van der Waals surface area contributed by atoms with Crippen LogP contribution in [0.4, 0.5) is 5.69 Å². The molecule has 0 amide bonds. The topological polar surface area (TPSA) is 133 Å². The number of methoxy groups -OCH3 is 1. The highest BCUT2D eigenvalue weighted by Crippen LogP contribution is 2.40. The highest BCUT2D eigenvalue weighted by molar-refractivity contribution is 9.10. The minimum atomic E-state index is -0.941. The van der Waals surface area contributed by atoms with Crippen molar-refractivity contribution in [3.05, 3.63) is 105 Å². The van der Waals surface area contributed by atoms with Gasteiger partial charge in [-0.15, -0.1) is 0 Å². The molecule has 5 rings (SSSR count). The molecule has 12 heteroatoms. The maximum Gasteiger partial charge on any atom is 0.338 e. The van der Waals surface area contributed by atoms with Gasteiger partial charge in [0.1, 0.15) is 11.8 Å².